The van der Waals surface area contributed by atoms with Gasteiger partial charge in [-0.15, -0.1) is 0 Å². The first kappa shape index (κ1) is 22.6. The minimum Gasteiger partial charge on any atom is -0.477 e. The van der Waals surface area contributed by atoms with Crippen LogP contribution >= 0.6 is 0 Å². The molecule has 4 heterocycles. The normalized spacial score (nSPS) is 22.3. The molecule has 5 rings (SSSR count). The largest absolute Gasteiger partial charge is 0.477 e. The van der Waals surface area contributed by atoms with Crippen LogP contribution in [0, 0.1) is 24.7 Å². The van der Waals surface area contributed by atoms with Crippen LogP contribution in [0.15, 0.2) is 10.9 Å². The third-order valence-corrected chi connectivity index (χ3v) is 6.92. The second-order valence-electron chi connectivity index (χ2n) is 10.2. The summed E-state index contributed by atoms with van der Waals surface area (Å²) >= 11 is 0. The number of carbonyl (C=O) groups is 2. The zero-order valence-corrected chi connectivity index (χ0v) is 19.8. The lowest BCUT2D eigenvalue weighted by atomic mass is 10.0. The highest BCUT2D eigenvalue weighted by Crippen LogP contribution is 2.29. The molecule has 2 atom stereocenters. The van der Waals surface area contributed by atoms with Crippen LogP contribution in [0.3, 0.4) is 0 Å². The third-order valence-electron chi connectivity index (χ3n) is 6.92. The van der Waals surface area contributed by atoms with Crippen LogP contribution in [-0.4, -0.2) is 63.8 Å². The molecule has 2 aromatic heterocycles. The summed E-state index contributed by atoms with van der Waals surface area (Å²) in [5.74, 6) is -0.0802. The summed E-state index contributed by atoms with van der Waals surface area (Å²) in [6.07, 6.45) is 4.96. The summed E-state index contributed by atoms with van der Waals surface area (Å²) in [6, 6.07) is 0.0529. The molecule has 10 heteroatoms. The molecule has 2 amide bonds. The van der Waals surface area contributed by atoms with E-state index in [-0.39, 0.29) is 29.3 Å². The second kappa shape index (κ2) is 8.57. The number of amides is 2. The van der Waals surface area contributed by atoms with E-state index < -0.39 is 11.5 Å². The number of carbonyl (C=O) groups excluding carboxylic acids is 2. The minimum absolute atomic E-state index is 0.0529. The Morgan fingerprint density at radius 2 is 1.94 bits per heavy atom. The van der Waals surface area contributed by atoms with Gasteiger partial charge >= 0.3 is 17.1 Å². The Kier molecular flexibility index (Phi) is 5.71. The molecule has 10 nitrogen and oxygen atoms in total. The first-order valence-corrected chi connectivity index (χ1v) is 12.0. The molecule has 3 N–H and O–H groups in total. The predicted octanol–water partition coefficient (Wildman–Crippen LogP) is 0.595. The van der Waals surface area contributed by atoms with Crippen molar-refractivity contribution in [3.63, 3.8) is 0 Å². The fraction of sp³-hybridized carbons (Fsp3) is 0.583. The average molecular weight is 471 g/mol. The zero-order chi connectivity index (χ0) is 24.1. The van der Waals surface area contributed by atoms with Gasteiger partial charge in [0, 0.05) is 37.0 Å². The summed E-state index contributed by atoms with van der Waals surface area (Å²) < 4.78 is 8.37. The fourth-order valence-corrected chi connectivity index (χ4v) is 4.97. The topological polar surface area (TPSA) is 120 Å². The number of ether oxygens (including phenoxy) is 1. The summed E-state index contributed by atoms with van der Waals surface area (Å²) in [5, 5.41) is 16.9. The van der Waals surface area contributed by atoms with Gasteiger partial charge < -0.3 is 20.1 Å². The monoisotopic (exact) mass is 470 g/mol. The van der Waals surface area contributed by atoms with Gasteiger partial charge in [-0.2, -0.15) is 4.57 Å². The summed E-state index contributed by atoms with van der Waals surface area (Å²) in [5.41, 5.74) is 0.811. The Bertz CT molecular complexity index is 1230. The molecule has 0 bridgehead atoms. The van der Waals surface area contributed by atoms with Crippen LogP contribution in [0.25, 0.3) is 11.7 Å². The number of aromatic amines is 1. The number of H-pyrrole nitrogens is 1. The molecule has 2 aromatic rings. The fourth-order valence-electron chi connectivity index (χ4n) is 4.97. The van der Waals surface area contributed by atoms with Crippen molar-refractivity contribution in [2.75, 3.05) is 26.3 Å². The van der Waals surface area contributed by atoms with Gasteiger partial charge in [0.15, 0.2) is 0 Å². The Labute approximate surface area is 197 Å². The number of fused-ring (bicyclic) bond motifs is 2. The molecule has 3 aliphatic rings. The first-order valence-electron chi connectivity index (χ1n) is 12.0. The lowest BCUT2D eigenvalue weighted by Gasteiger charge is -2.14. The van der Waals surface area contributed by atoms with Gasteiger partial charge in [0.2, 0.25) is 11.5 Å². The Hall–Kier alpha value is -3.14. The van der Waals surface area contributed by atoms with E-state index in [0.29, 0.717) is 61.6 Å². The number of aromatic hydroxyl groups is 1. The molecule has 1 saturated carbocycles. The van der Waals surface area contributed by atoms with Gasteiger partial charge in [0.25, 0.3) is 5.91 Å². The molecule has 3 fully saturated rings. The number of hydrogen-bond donors (Lipinski definition) is 3. The van der Waals surface area contributed by atoms with Crippen molar-refractivity contribution in [3.8, 4) is 5.88 Å². The smallest absolute Gasteiger partial charge is 0.378 e. The minimum atomic E-state index is -0.618. The van der Waals surface area contributed by atoms with Crippen molar-refractivity contribution >= 4 is 23.5 Å². The van der Waals surface area contributed by atoms with E-state index in [2.05, 4.69) is 10.4 Å². The first-order chi connectivity index (χ1) is 16.2. The van der Waals surface area contributed by atoms with E-state index in [9.17, 15) is 19.5 Å². The van der Waals surface area contributed by atoms with Crippen LogP contribution < -0.4 is 15.4 Å². The van der Waals surface area contributed by atoms with E-state index in [1.165, 1.54) is 10.6 Å². The maximum atomic E-state index is 13.2. The SMILES string of the molecule is Cc1[nH]n2c(=O)c(C(=O)NC3CC3)c(O)[n+](CC(C)C)c2c1/C=C/C(=O)N1C[C@H]2COC[C@H]2C1. The molecular formula is C24H32N5O5+. The lowest BCUT2D eigenvalue weighted by Crippen LogP contribution is -2.46. The second-order valence-corrected chi connectivity index (χ2v) is 10.2. The van der Waals surface area contributed by atoms with Crippen molar-refractivity contribution in [1.82, 2.24) is 19.8 Å². The van der Waals surface area contributed by atoms with Gasteiger partial charge in [-0.25, -0.2) is 9.89 Å². The Morgan fingerprint density at radius 1 is 1.26 bits per heavy atom. The Morgan fingerprint density at radius 3 is 2.56 bits per heavy atom. The number of rotatable bonds is 6. The zero-order valence-electron chi connectivity index (χ0n) is 19.8. The van der Waals surface area contributed by atoms with E-state index in [4.69, 9.17) is 4.74 Å². The summed E-state index contributed by atoms with van der Waals surface area (Å²) in [6.45, 7) is 8.95. The molecule has 0 spiro atoms. The number of aryl methyl sites for hydroxylation is 1. The van der Waals surface area contributed by atoms with E-state index in [1.54, 1.807) is 17.6 Å². The standard InChI is InChI=1S/C24H31N5O5/c1-13(2)8-28-22-18(6-7-19(30)27-9-15-11-34-12-16(15)10-27)14(3)26-29(22)24(33)20(23(28)32)21(31)25-17-4-5-17/h6-7,13,15-17H,4-5,8-12H2,1-3H3,(H2,25,31,32,33)/p+1/b7-6+/t15-,16+. The van der Waals surface area contributed by atoms with Gasteiger partial charge in [-0.05, 0) is 31.8 Å². The molecule has 0 unspecified atom stereocenters. The van der Waals surface area contributed by atoms with Crippen LogP contribution in [0.1, 0.15) is 48.3 Å². The van der Waals surface area contributed by atoms with Crippen LogP contribution in [0.5, 0.6) is 5.88 Å². The van der Waals surface area contributed by atoms with E-state index in [0.717, 1.165) is 12.8 Å². The van der Waals surface area contributed by atoms with Crippen molar-refractivity contribution < 1.29 is 24.0 Å². The number of nitrogens with zero attached hydrogens (tertiary/aromatic N) is 3. The highest BCUT2D eigenvalue weighted by atomic mass is 16.5. The summed E-state index contributed by atoms with van der Waals surface area (Å²) in [4.78, 5) is 40.7. The van der Waals surface area contributed by atoms with Crippen LogP contribution in [-0.2, 0) is 16.1 Å². The molecule has 2 saturated heterocycles. The maximum absolute atomic E-state index is 13.2. The van der Waals surface area contributed by atoms with Crippen molar-refractivity contribution in [2.45, 2.75) is 46.2 Å². The maximum Gasteiger partial charge on any atom is 0.378 e. The van der Waals surface area contributed by atoms with Crippen molar-refractivity contribution in [3.05, 3.63) is 33.3 Å². The number of aromatic nitrogens is 3. The van der Waals surface area contributed by atoms with Crippen LogP contribution in [0.4, 0.5) is 0 Å². The highest BCUT2D eigenvalue weighted by molar-refractivity contribution is 5.96. The van der Waals surface area contributed by atoms with Crippen molar-refractivity contribution in [1.29, 1.82) is 0 Å². The quantitative estimate of drug-likeness (QED) is 0.422. The third kappa shape index (κ3) is 4.00. The number of nitrogens with one attached hydrogen (secondary N) is 2. The van der Waals surface area contributed by atoms with Gasteiger partial charge in [0.05, 0.1) is 31.0 Å². The predicted molar refractivity (Wildman–Crippen MR) is 123 cm³/mol. The van der Waals surface area contributed by atoms with Crippen LogP contribution in [0.2, 0.25) is 0 Å². The average Bonchev–Trinajstić information content (AvgIpc) is 3.16. The van der Waals surface area contributed by atoms with E-state index >= 15 is 0 Å². The molecule has 1 aliphatic carbocycles. The van der Waals surface area contributed by atoms with Gasteiger partial charge in [0.1, 0.15) is 0 Å². The lowest BCUT2D eigenvalue weighted by molar-refractivity contribution is -0.686. The molecule has 34 heavy (non-hydrogen) atoms. The highest BCUT2D eigenvalue weighted by Gasteiger charge is 2.39. The Balaban J connectivity index is 1.53. The van der Waals surface area contributed by atoms with Crippen molar-refractivity contribution in [2.24, 2.45) is 17.8 Å². The molecule has 182 valence electrons. The molecule has 0 aromatic carbocycles. The molecule has 0 radical (unpaired) electrons. The number of hydrogen-bond acceptors (Lipinski definition) is 5. The number of likely N-dealkylation sites (tertiary alicyclic amines) is 1. The van der Waals surface area contributed by atoms with Gasteiger partial charge in [-0.1, -0.05) is 18.4 Å². The molecule has 2 aliphatic heterocycles. The molecular weight excluding hydrogens is 438 g/mol. The van der Waals surface area contributed by atoms with E-state index in [1.807, 2.05) is 18.7 Å². The summed E-state index contributed by atoms with van der Waals surface area (Å²) in [7, 11) is 0. The van der Waals surface area contributed by atoms with Gasteiger partial charge in [-0.3, -0.25) is 9.59 Å².